The first kappa shape index (κ1) is 31.8. The summed E-state index contributed by atoms with van der Waals surface area (Å²) < 4.78 is 52.3. The number of phosphoric ester groups is 1. The van der Waals surface area contributed by atoms with Gasteiger partial charge in [0.25, 0.3) is 11.6 Å². The number of nitrogens with zero attached hydrogens (tertiary/aromatic N) is 2. The molecule has 4 aromatic rings. The molecule has 3 aromatic carbocycles. The maximum Gasteiger partial charge on any atom is 0.472 e. The van der Waals surface area contributed by atoms with E-state index in [0.29, 0.717) is 21.6 Å². The predicted molar refractivity (Wildman–Crippen MR) is 155 cm³/mol. The number of anilines is 1. The van der Waals surface area contributed by atoms with E-state index >= 15 is 0 Å². The molecule has 1 amide bonds. The molecule has 0 spiro atoms. The fraction of sp³-hybridized carbons (Fsp3) is 0.267. The number of imidazole rings is 1. The van der Waals surface area contributed by atoms with Gasteiger partial charge in [-0.3, -0.25) is 4.79 Å². The highest BCUT2D eigenvalue weighted by atomic mass is 31.2. The van der Waals surface area contributed by atoms with Crippen LogP contribution in [0.2, 0.25) is 0 Å². The number of carbonyl (C=O) groups is 1. The number of aryl methyl sites for hydroxylation is 2. The Balaban J connectivity index is 1.87. The number of nitrogens with one attached hydrogen (secondary N) is 1. The van der Waals surface area contributed by atoms with Crippen LogP contribution in [0.15, 0.2) is 60.7 Å². The topological polar surface area (TPSA) is 134 Å². The summed E-state index contributed by atoms with van der Waals surface area (Å²) in [5.41, 5.74) is 3.40. The van der Waals surface area contributed by atoms with Gasteiger partial charge in [-0.05, 0) is 65.6 Å². The van der Waals surface area contributed by atoms with Gasteiger partial charge in [-0.2, -0.15) is 4.57 Å². The van der Waals surface area contributed by atoms with Gasteiger partial charge in [-0.15, -0.1) is 0 Å². The van der Waals surface area contributed by atoms with Crippen molar-refractivity contribution in [1.29, 1.82) is 0 Å². The molecule has 0 fully saturated rings. The highest BCUT2D eigenvalue weighted by Gasteiger charge is 2.36. The molecular formula is C30H33F2N3O7P+. The fourth-order valence-electron chi connectivity index (χ4n) is 4.99. The van der Waals surface area contributed by atoms with Gasteiger partial charge < -0.3 is 25.0 Å². The van der Waals surface area contributed by atoms with E-state index in [1.165, 1.54) is 43.7 Å². The van der Waals surface area contributed by atoms with Crippen molar-refractivity contribution in [3.05, 3.63) is 88.7 Å². The van der Waals surface area contributed by atoms with E-state index in [0.717, 1.165) is 22.8 Å². The van der Waals surface area contributed by atoms with Crippen LogP contribution in [0.1, 0.15) is 46.2 Å². The van der Waals surface area contributed by atoms with E-state index in [-0.39, 0.29) is 28.5 Å². The standard InChI is InChI=1S/C30H32F2N3O7P/c1-6-30(31,32)22-11-8-12-23(16-22)33-28(36)27-20(4)34(17-42-43(38,39)40)29(35(27)37)21-13-14-25(41-5)24(15-21)26-18(2)9-7-10-19(26)3/h7-16H,6,17H2,1-5H3,(H3-,33,36,37,38,39,40)/p+1. The Morgan fingerprint density at radius 3 is 2.30 bits per heavy atom. The molecule has 0 aliphatic carbocycles. The van der Waals surface area contributed by atoms with Crippen LogP contribution >= 0.6 is 7.82 Å². The molecule has 0 aliphatic rings. The summed E-state index contributed by atoms with van der Waals surface area (Å²) in [4.78, 5) is 32.2. The molecule has 10 nitrogen and oxygen atoms in total. The van der Waals surface area contributed by atoms with Gasteiger partial charge in [-0.25, -0.2) is 17.9 Å². The van der Waals surface area contributed by atoms with Crippen LogP contribution in [0.5, 0.6) is 5.75 Å². The second kappa shape index (κ2) is 12.3. The Morgan fingerprint density at radius 2 is 1.70 bits per heavy atom. The maximum atomic E-state index is 14.3. The molecule has 13 heteroatoms. The van der Waals surface area contributed by atoms with Crippen molar-refractivity contribution in [3.8, 4) is 28.3 Å². The molecule has 43 heavy (non-hydrogen) atoms. The van der Waals surface area contributed by atoms with Crippen molar-refractivity contribution in [3.63, 3.8) is 0 Å². The number of benzene rings is 3. The minimum atomic E-state index is -4.96. The number of rotatable bonds is 10. The van der Waals surface area contributed by atoms with E-state index < -0.39 is 32.8 Å². The quantitative estimate of drug-likeness (QED) is 0.0961. The summed E-state index contributed by atoms with van der Waals surface area (Å²) in [5, 5.41) is 13.9. The summed E-state index contributed by atoms with van der Waals surface area (Å²) in [6.07, 6.45) is -0.433. The van der Waals surface area contributed by atoms with Crippen LogP contribution in [0.4, 0.5) is 14.5 Å². The number of halogens is 2. The number of hydrogen-bond acceptors (Lipinski definition) is 5. The average molecular weight is 617 g/mol. The average Bonchev–Trinajstić information content (AvgIpc) is 3.20. The van der Waals surface area contributed by atoms with E-state index in [1.54, 1.807) is 18.2 Å². The molecule has 1 aromatic heterocycles. The van der Waals surface area contributed by atoms with Crippen LogP contribution in [0, 0.1) is 20.8 Å². The number of alkyl halides is 2. The summed E-state index contributed by atoms with van der Waals surface area (Å²) in [6, 6.07) is 16.0. The van der Waals surface area contributed by atoms with Crippen molar-refractivity contribution >= 4 is 19.4 Å². The van der Waals surface area contributed by atoms with Crippen molar-refractivity contribution in [2.24, 2.45) is 0 Å². The van der Waals surface area contributed by atoms with Crippen molar-refractivity contribution < 1.29 is 47.0 Å². The second-order valence-electron chi connectivity index (χ2n) is 10.0. The molecular weight excluding hydrogens is 583 g/mol. The van der Waals surface area contributed by atoms with Crippen LogP contribution in [0.25, 0.3) is 22.5 Å². The minimum absolute atomic E-state index is 0.0301. The van der Waals surface area contributed by atoms with E-state index in [1.807, 2.05) is 32.0 Å². The number of amides is 1. The van der Waals surface area contributed by atoms with Gasteiger partial charge in [0.15, 0.2) is 5.69 Å². The third-order valence-electron chi connectivity index (χ3n) is 7.18. The maximum absolute atomic E-state index is 14.3. The van der Waals surface area contributed by atoms with Gasteiger partial charge in [0, 0.05) is 30.2 Å². The zero-order valence-electron chi connectivity index (χ0n) is 24.3. The predicted octanol–water partition coefficient (Wildman–Crippen LogP) is 6.10. The van der Waals surface area contributed by atoms with Crippen LogP contribution in [0.3, 0.4) is 0 Å². The van der Waals surface area contributed by atoms with Gasteiger partial charge in [0.05, 0.1) is 12.7 Å². The van der Waals surface area contributed by atoms with Gasteiger partial charge >= 0.3 is 19.6 Å². The first-order valence-electron chi connectivity index (χ1n) is 13.3. The summed E-state index contributed by atoms with van der Waals surface area (Å²) in [6.45, 7) is 5.96. The lowest BCUT2D eigenvalue weighted by Gasteiger charge is -2.15. The van der Waals surface area contributed by atoms with Crippen molar-refractivity contribution in [1.82, 2.24) is 4.73 Å². The third kappa shape index (κ3) is 6.62. The molecule has 4 rings (SSSR count). The second-order valence-corrected chi connectivity index (χ2v) is 11.3. The highest BCUT2D eigenvalue weighted by molar-refractivity contribution is 7.46. The van der Waals surface area contributed by atoms with E-state index in [2.05, 4.69) is 5.32 Å². The lowest BCUT2D eigenvalue weighted by Crippen LogP contribution is -2.39. The van der Waals surface area contributed by atoms with Crippen molar-refractivity contribution in [2.75, 3.05) is 12.4 Å². The molecule has 0 saturated heterocycles. The number of methoxy groups -OCH3 is 1. The zero-order chi connectivity index (χ0) is 31.7. The number of aromatic nitrogens is 2. The molecule has 0 aliphatic heterocycles. The molecule has 1 heterocycles. The Kier molecular flexibility index (Phi) is 9.08. The Bertz CT molecular complexity index is 1710. The largest absolute Gasteiger partial charge is 0.496 e. The van der Waals surface area contributed by atoms with Crippen LogP contribution < -0.4 is 14.6 Å². The molecule has 0 bridgehead atoms. The number of ether oxygens (including phenoxy) is 1. The summed E-state index contributed by atoms with van der Waals surface area (Å²) >= 11 is 0. The highest BCUT2D eigenvalue weighted by Crippen LogP contribution is 2.39. The lowest BCUT2D eigenvalue weighted by atomic mass is 9.93. The van der Waals surface area contributed by atoms with Gasteiger partial charge in [-0.1, -0.05) is 37.3 Å². The third-order valence-corrected chi connectivity index (χ3v) is 7.63. The number of carbonyl (C=O) groups excluding carboxylic acids is 1. The number of hydrogen-bond donors (Lipinski definition) is 4. The molecule has 4 N–H and O–H groups in total. The van der Waals surface area contributed by atoms with Gasteiger partial charge in [0.1, 0.15) is 5.75 Å². The Morgan fingerprint density at radius 1 is 1.05 bits per heavy atom. The van der Waals surface area contributed by atoms with E-state index in [9.17, 15) is 33.1 Å². The van der Waals surface area contributed by atoms with E-state index in [4.69, 9.17) is 9.26 Å². The zero-order valence-corrected chi connectivity index (χ0v) is 25.2. The molecule has 0 saturated carbocycles. The first-order valence-corrected chi connectivity index (χ1v) is 14.8. The van der Waals surface area contributed by atoms with Crippen LogP contribution in [-0.2, 0) is 21.7 Å². The normalized spacial score (nSPS) is 11.9. The minimum Gasteiger partial charge on any atom is -0.496 e. The summed E-state index contributed by atoms with van der Waals surface area (Å²) in [5.74, 6) is -3.45. The Hall–Kier alpha value is -4.09. The summed E-state index contributed by atoms with van der Waals surface area (Å²) in [7, 11) is -3.44. The van der Waals surface area contributed by atoms with Crippen molar-refractivity contribution in [2.45, 2.75) is 46.8 Å². The first-order chi connectivity index (χ1) is 20.2. The monoisotopic (exact) mass is 616 g/mol. The van der Waals surface area contributed by atoms with Crippen LogP contribution in [-0.4, -0.2) is 32.7 Å². The Labute approximate surface area is 247 Å². The van der Waals surface area contributed by atoms with Gasteiger partial charge in [0.2, 0.25) is 6.73 Å². The SMILES string of the molecule is CCC(F)(F)c1cccc(NC(=O)c2c(C)[n+](COP(=O)(O)O)c(-c3ccc(OC)c(-c4c(C)cccc4C)c3)n2O)c1. The smallest absolute Gasteiger partial charge is 0.472 e. The lowest BCUT2D eigenvalue weighted by molar-refractivity contribution is -0.720. The molecule has 0 radical (unpaired) electrons. The molecule has 228 valence electrons. The molecule has 0 atom stereocenters. The number of phosphoric acid groups is 1. The fourth-order valence-corrected chi connectivity index (χ4v) is 5.26. The molecule has 0 unspecified atom stereocenters.